The Labute approximate surface area is 103 Å². The monoisotopic (exact) mass is 238 g/mol. The molecule has 0 unspecified atom stereocenters. The topological polar surface area (TPSA) is 54.2 Å². The Hall–Kier alpha value is -1.10. The summed E-state index contributed by atoms with van der Waals surface area (Å²) in [6.07, 6.45) is 3.76. The highest BCUT2D eigenvalue weighted by atomic mass is 16.5. The number of nitrogens with one attached hydrogen (secondary N) is 1. The van der Waals surface area contributed by atoms with E-state index in [4.69, 9.17) is 4.52 Å². The van der Waals surface area contributed by atoms with E-state index in [0.29, 0.717) is 5.89 Å². The van der Waals surface area contributed by atoms with Crippen molar-refractivity contribution in [2.75, 3.05) is 24.5 Å². The van der Waals surface area contributed by atoms with Crippen LogP contribution < -0.4 is 10.2 Å². The summed E-state index contributed by atoms with van der Waals surface area (Å²) < 4.78 is 5.37. The smallest absolute Gasteiger partial charge is 0.266 e. The van der Waals surface area contributed by atoms with Crippen LogP contribution in [0.2, 0.25) is 0 Å². The summed E-state index contributed by atoms with van der Waals surface area (Å²) in [5.41, 5.74) is -0.254. The first kappa shape index (κ1) is 12.4. The van der Waals surface area contributed by atoms with Gasteiger partial charge in [0.05, 0.1) is 5.54 Å². The molecule has 0 radical (unpaired) electrons. The zero-order valence-electron chi connectivity index (χ0n) is 11.0. The van der Waals surface area contributed by atoms with Crippen molar-refractivity contribution >= 4 is 5.95 Å². The molecule has 1 aliphatic rings. The van der Waals surface area contributed by atoms with Crippen LogP contribution in [0.3, 0.4) is 0 Å². The summed E-state index contributed by atoms with van der Waals surface area (Å²) in [5, 5.41) is 7.43. The van der Waals surface area contributed by atoms with Gasteiger partial charge < -0.3 is 14.7 Å². The molecule has 0 atom stereocenters. The van der Waals surface area contributed by atoms with Gasteiger partial charge in [-0.15, -0.1) is 0 Å². The Kier molecular flexibility index (Phi) is 3.66. The molecule has 1 fully saturated rings. The second-order valence-electron chi connectivity index (χ2n) is 5.10. The van der Waals surface area contributed by atoms with Crippen molar-refractivity contribution in [1.29, 1.82) is 0 Å². The third-order valence-corrected chi connectivity index (χ3v) is 3.21. The molecule has 1 aliphatic heterocycles. The fourth-order valence-electron chi connectivity index (χ4n) is 2.21. The van der Waals surface area contributed by atoms with Crippen LogP contribution in [0.4, 0.5) is 5.95 Å². The van der Waals surface area contributed by atoms with E-state index < -0.39 is 0 Å². The molecular weight excluding hydrogens is 216 g/mol. The van der Waals surface area contributed by atoms with E-state index in [-0.39, 0.29) is 5.54 Å². The molecular formula is C12H22N4O. The van der Waals surface area contributed by atoms with Crippen LogP contribution >= 0.6 is 0 Å². The molecule has 5 nitrogen and oxygen atoms in total. The van der Waals surface area contributed by atoms with Crippen molar-refractivity contribution in [2.24, 2.45) is 0 Å². The molecule has 0 aromatic carbocycles. The minimum atomic E-state index is -0.254. The van der Waals surface area contributed by atoms with E-state index >= 15 is 0 Å². The SMILES string of the molecule is CCNC(C)(C)c1nc(N2CCCCC2)no1. The summed E-state index contributed by atoms with van der Waals surface area (Å²) in [4.78, 5) is 6.72. The van der Waals surface area contributed by atoms with Crippen LogP contribution in [0, 0.1) is 0 Å². The van der Waals surface area contributed by atoms with Gasteiger partial charge in [-0.2, -0.15) is 4.98 Å². The molecule has 1 N–H and O–H groups in total. The lowest BCUT2D eigenvalue weighted by Crippen LogP contribution is -2.36. The average Bonchev–Trinajstić information content (AvgIpc) is 2.80. The van der Waals surface area contributed by atoms with Gasteiger partial charge in [0.2, 0.25) is 5.89 Å². The predicted octanol–water partition coefficient (Wildman–Crippen LogP) is 1.90. The van der Waals surface area contributed by atoms with Gasteiger partial charge in [0.15, 0.2) is 0 Å². The lowest BCUT2D eigenvalue weighted by Gasteiger charge is -2.24. The number of aromatic nitrogens is 2. The number of anilines is 1. The van der Waals surface area contributed by atoms with Gasteiger partial charge in [-0.1, -0.05) is 6.92 Å². The lowest BCUT2D eigenvalue weighted by atomic mass is 10.1. The molecule has 96 valence electrons. The summed E-state index contributed by atoms with van der Waals surface area (Å²) in [6, 6.07) is 0. The summed E-state index contributed by atoms with van der Waals surface area (Å²) >= 11 is 0. The fraction of sp³-hybridized carbons (Fsp3) is 0.833. The third kappa shape index (κ3) is 2.77. The molecule has 0 amide bonds. The van der Waals surface area contributed by atoms with Crippen LogP contribution in [0.1, 0.15) is 45.9 Å². The van der Waals surface area contributed by atoms with E-state index in [1.807, 2.05) is 0 Å². The quantitative estimate of drug-likeness (QED) is 0.868. The maximum Gasteiger partial charge on any atom is 0.266 e. The summed E-state index contributed by atoms with van der Waals surface area (Å²) in [6.45, 7) is 9.16. The van der Waals surface area contributed by atoms with E-state index in [2.05, 4.69) is 41.1 Å². The molecule has 0 spiro atoms. The van der Waals surface area contributed by atoms with Crippen molar-refractivity contribution in [3.05, 3.63) is 5.89 Å². The molecule has 0 aliphatic carbocycles. The highest BCUT2D eigenvalue weighted by Crippen LogP contribution is 2.22. The number of hydrogen-bond acceptors (Lipinski definition) is 5. The van der Waals surface area contributed by atoms with Crippen LogP contribution in [-0.2, 0) is 5.54 Å². The molecule has 17 heavy (non-hydrogen) atoms. The molecule has 2 rings (SSSR count). The third-order valence-electron chi connectivity index (χ3n) is 3.21. The first-order valence-electron chi connectivity index (χ1n) is 6.47. The van der Waals surface area contributed by atoms with Gasteiger partial charge in [-0.3, -0.25) is 0 Å². The largest absolute Gasteiger partial charge is 0.338 e. The van der Waals surface area contributed by atoms with Gasteiger partial charge in [0.25, 0.3) is 5.95 Å². The molecule has 0 saturated carbocycles. The van der Waals surface area contributed by atoms with E-state index in [1.165, 1.54) is 19.3 Å². The van der Waals surface area contributed by atoms with Crippen molar-refractivity contribution in [1.82, 2.24) is 15.5 Å². The van der Waals surface area contributed by atoms with Crippen LogP contribution in [0.25, 0.3) is 0 Å². The Balaban J connectivity index is 2.09. The second kappa shape index (κ2) is 5.04. The number of hydrogen-bond donors (Lipinski definition) is 1. The Morgan fingerprint density at radius 3 is 2.65 bits per heavy atom. The standard InChI is InChI=1S/C12H22N4O/c1-4-13-12(2,3)10-14-11(15-17-10)16-8-6-5-7-9-16/h13H,4-9H2,1-3H3. The molecule has 1 saturated heterocycles. The van der Waals surface area contributed by atoms with Gasteiger partial charge in [0, 0.05) is 13.1 Å². The summed E-state index contributed by atoms with van der Waals surface area (Å²) in [7, 11) is 0. The van der Waals surface area contributed by atoms with Crippen molar-refractivity contribution in [3.63, 3.8) is 0 Å². The molecule has 5 heteroatoms. The maximum atomic E-state index is 5.37. The van der Waals surface area contributed by atoms with Gasteiger partial charge >= 0.3 is 0 Å². The van der Waals surface area contributed by atoms with E-state index in [0.717, 1.165) is 25.6 Å². The zero-order chi connectivity index (χ0) is 12.3. The maximum absolute atomic E-state index is 5.37. The van der Waals surface area contributed by atoms with Crippen LogP contribution in [-0.4, -0.2) is 29.8 Å². The highest BCUT2D eigenvalue weighted by molar-refractivity contribution is 5.28. The average molecular weight is 238 g/mol. The van der Waals surface area contributed by atoms with Crippen LogP contribution in [0.15, 0.2) is 4.52 Å². The van der Waals surface area contributed by atoms with Gasteiger partial charge in [0.1, 0.15) is 0 Å². The van der Waals surface area contributed by atoms with Gasteiger partial charge in [-0.25, -0.2) is 0 Å². The van der Waals surface area contributed by atoms with Crippen LogP contribution in [0.5, 0.6) is 0 Å². The first-order valence-corrected chi connectivity index (χ1v) is 6.47. The van der Waals surface area contributed by atoms with Crippen molar-refractivity contribution in [2.45, 2.75) is 45.6 Å². The summed E-state index contributed by atoms with van der Waals surface area (Å²) in [5.74, 6) is 1.41. The first-order chi connectivity index (χ1) is 8.13. The van der Waals surface area contributed by atoms with E-state index in [9.17, 15) is 0 Å². The predicted molar refractivity (Wildman–Crippen MR) is 67.1 cm³/mol. The van der Waals surface area contributed by atoms with Crippen molar-refractivity contribution < 1.29 is 4.52 Å². The normalized spacial score (nSPS) is 17.5. The zero-order valence-corrected chi connectivity index (χ0v) is 11.0. The highest BCUT2D eigenvalue weighted by Gasteiger charge is 2.27. The van der Waals surface area contributed by atoms with Crippen molar-refractivity contribution in [3.8, 4) is 0 Å². The lowest BCUT2D eigenvalue weighted by molar-refractivity contribution is 0.271. The Morgan fingerprint density at radius 1 is 1.29 bits per heavy atom. The number of rotatable bonds is 4. The fourth-order valence-corrected chi connectivity index (χ4v) is 2.21. The minimum Gasteiger partial charge on any atom is -0.338 e. The Morgan fingerprint density at radius 2 is 2.00 bits per heavy atom. The molecule has 1 aromatic heterocycles. The number of piperidine rings is 1. The van der Waals surface area contributed by atoms with E-state index in [1.54, 1.807) is 0 Å². The molecule has 0 bridgehead atoms. The minimum absolute atomic E-state index is 0.254. The molecule has 1 aromatic rings. The number of nitrogens with zero attached hydrogens (tertiary/aromatic N) is 3. The Bertz CT molecular complexity index is 355. The second-order valence-corrected chi connectivity index (χ2v) is 5.10. The molecule has 2 heterocycles. The van der Waals surface area contributed by atoms with Gasteiger partial charge in [-0.05, 0) is 44.8 Å².